The highest BCUT2D eigenvalue weighted by Gasteiger charge is 2.12. The van der Waals surface area contributed by atoms with Crippen molar-refractivity contribution < 1.29 is 0 Å². The van der Waals surface area contributed by atoms with Crippen molar-refractivity contribution in [3.63, 3.8) is 0 Å². The Labute approximate surface area is 169 Å². The monoisotopic (exact) mass is 385 g/mol. The molecule has 6 heteroatoms. The summed E-state index contributed by atoms with van der Waals surface area (Å²) in [6, 6.07) is 14.2. The predicted molar refractivity (Wildman–Crippen MR) is 116 cm³/mol. The van der Waals surface area contributed by atoms with Gasteiger partial charge < -0.3 is 0 Å². The molecule has 6 nitrogen and oxygen atoms in total. The summed E-state index contributed by atoms with van der Waals surface area (Å²) < 4.78 is 0. The summed E-state index contributed by atoms with van der Waals surface area (Å²) in [5.41, 5.74) is 6.28. The maximum atomic E-state index is 12.7. The molecular formula is C23H23N5O. The minimum absolute atomic E-state index is 0.157. The number of fused-ring (bicyclic) bond motifs is 1. The van der Waals surface area contributed by atoms with Crippen LogP contribution in [0.2, 0.25) is 0 Å². The summed E-state index contributed by atoms with van der Waals surface area (Å²) in [6.07, 6.45) is 0.543. The fourth-order valence-corrected chi connectivity index (χ4v) is 3.52. The third kappa shape index (κ3) is 3.87. The van der Waals surface area contributed by atoms with Gasteiger partial charge >= 0.3 is 0 Å². The summed E-state index contributed by atoms with van der Waals surface area (Å²) in [4.78, 5) is 29.2. The standard InChI is InChI=1S/C23H23N5O/c1-13-7-5-9-17(11-13)12-19-16(4)25-23(27-21(19)29)28-22-24-15(3)18-10-6-8-14(2)20(18)26-22/h5-11H,12H2,1-4H3,(H2,24,25,26,27,28,29). The number of aryl methyl sites for hydroxylation is 4. The summed E-state index contributed by atoms with van der Waals surface area (Å²) in [5.74, 6) is 0.756. The number of H-pyrrole nitrogens is 1. The van der Waals surface area contributed by atoms with Crippen molar-refractivity contribution in [2.24, 2.45) is 0 Å². The number of aromatic nitrogens is 4. The summed E-state index contributed by atoms with van der Waals surface area (Å²) >= 11 is 0. The normalized spacial score (nSPS) is 11.0. The Hall–Kier alpha value is -3.54. The molecule has 0 aliphatic carbocycles. The molecular weight excluding hydrogens is 362 g/mol. The van der Waals surface area contributed by atoms with E-state index in [0.717, 1.165) is 27.7 Å². The van der Waals surface area contributed by atoms with E-state index in [1.807, 2.05) is 64.1 Å². The molecule has 146 valence electrons. The van der Waals surface area contributed by atoms with Crippen molar-refractivity contribution in [1.29, 1.82) is 0 Å². The van der Waals surface area contributed by atoms with Crippen LogP contribution in [0.15, 0.2) is 47.3 Å². The van der Waals surface area contributed by atoms with Gasteiger partial charge in [-0.2, -0.15) is 0 Å². The van der Waals surface area contributed by atoms with E-state index in [2.05, 4.69) is 31.3 Å². The molecule has 0 atom stereocenters. The highest BCUT2D eigenvalue weighted by molar-refractivity contribution is 5.84. The van der Waals surface area contributed by atoms with E-state index < -0.39 is 0 Å². The molecule has 0 bridgehead atoms. The molecule has 0 spiro atoms. The number of hydrogen-bond donors (Lipinski definition) is 2. The number of benzene rings is 2. The van der Waals surface area contributed by atoms with Crippen molar-refractivity contribution in [2.75, 3.05) is 5.32 Å². The van der Waals surface area contributed by atoms with Gasteiger partial charge in [-0.05, 0) is 38.8 Å². The van der Waals surface area contributed by atoms with Gasteiger partial charge in [0, 0.05) is 17.4 Å². The fourth-order valence-electron chi connectivity index (χ4n) is 3.52. The minimum Gasteiger partial charge on any atom is -0.294 e. The van der Waals surface area contributed by atoms with E-state index in [9.17, 15) is 4.79 Å². The number of nitrogens with zero attached hydrogens (tertiary/aromatic N) is 3. The maximum Gasteiger partial charge on any atom is 0.256 e. The first-order valence-electron chi connectivity index (χ1n) is 9.57. The lowest BCUT2D eigenvalue weighted by atomic mass is 10.0. The Morgan fingerprint density at radius 1 is 0.931 bits per heavy atom. The van der Waals surface area contributed by atoms with Crippen molar-refractivity contribution >= 4 is 22.8 Å². The van der Waals surface area contributed by atoms with Gasteiger partial charge in [0.1, 0.15) is 0 Å². The molecule has 0 radical (unpaired) electrons. The van der Waals surface area contributed by atoms with E-state index in [0.29, 0.717) is 29.6 Å². The molecule has 0 amide bonds. The third-order valence-electron chi connectivity index (χ3n) is 5.03. The molecule has 0 saturated heterocycles. The van der Waals surface area contributed by atoms with Gasteiger partial charge in [0.2, 0.25) is 11.9 Å². The summed E-state index contributed by atoms with van der Waals surface area (Å²) in [5, 5.41) is 4.07. The molecule has 2 aromatic heterocycles. The number of rotatable bonds is 4. The van der Waals surface area contributed by atoms with Crippen LogP contribution in [0.25, 0.3) is 10.9 Å². The molecule has 4 aromatic rings. The van der Waals surface area contributed by atoms with Crippen LogP contribution >= 0.6 is 0 Å². The molecule has 4 rings (SSSR count). The van der Waals surface area contributed by atoms with Gasteiger partial charge in [-0.15, -0.1) is 0 Å². The Morgan fingerprint density at radius 2 is 1.72 bits per heavy atom. The largest absolute Gasteiger partial charge is 0.294 e. The molecule has 2 N–H and O–H groups in total. The van der Waals surface area contributed by atoms with Gasteiger partial charge in [0.05, 0.1) is 16.9 Å². The number of nitrogens with one attached hydrogen (secondary N) is 2. The predicted octanol–water partition coefficient (Wildman–Crippen LogP) is 4.28. The van der Waals surface area contributed by atoms with Crippen LogP contribution in [-0.4, -0.2) is 19.9 Å². The Kier molecular flexibility index (Phi) is 4.84. The highest BCUT2D eigenvalue weighted by atomic mass is 16.1. The first kappa shape index (κ1) is 18.8. The lowest BCUT2D eigenvalue weighted by Gasteiger charge is -2.11. The van der Waals surface area contributed by atoms with Crippen LogP contribution in [0, 0.1) is 27.7 Å². The first-order valence-corrected chi connectivity index (χ1v) is 9.57. The Balaban J connectivity index is 1.66. The van der Waals surface area contributed by atoms with E-state index in [1.165, 1.54) is 5.56 Å². The topological polar surface area (TPSA) is 83.6 Å². The maximum absolute atomic E-state index is 12.7. The average Bonchev–Trinajstić information content (AvgIpc) is 2.66. The second-order valence-electron chi connectivity index (χ2n) is 7.37. The smallest absolute Gasteiger partial charge is 0.256 e. The van der Waals surface area contributed by atoms with E-state index >= 15 is 0 Å². The second kappa shape index (κ2) is 7.47. The zero-order chi connectivity index (χ0) is 20.5. The van der Waals surface area contributed by atoms with Crippen molar-refractivity contribution in [2.45, 2.75) is 34.1 Å². The number of para-hydroxylation sites is 1. The zero-order valence-corrected chi connectivity index (χ0v) is 17.0. The Bertz CT molecular complexity index is 1280. The van der Waals surface area contributed by atoms with Gasteiger partial charge in [-0.1, -0.05) is 48.0 Å². The lowest BCUT2D eigenvalue weighted by Crippen LogP contribution is -2.19. The van der Waals surface area contributed by atoms with Crippen LogP contribution in [0.4, 0.5) is 11.9 Å². The fraction of sp³-hybridized carbons (Fsp3) is 0.217. The minimum atomic E-state index is -0.157. The van der Waals surface area contributed by atoms with Crippen molar-refractivity contribution in [3.05, 3.63) is 86.5 Å². The summed E-state index contributed by atoms with van der Waals surface area (Å²) in [7, 11) is 0. The molecule has 29 heavy (non-hydrogen) atoms. The molecule has 0 aliphatic heterocycles. The number of anilines is 2. The van der Waals surface area contributed by atoms with Crippen LogP contribution in [0.1, 0.15) is 33.6 Å². The highest BCUT2D eigenvalue weighted by Crippen LogP contribution is 2.21. The first-order chi connectivity index (χ1) is 13.9. The van der Waals surface area contributed by atoms with Gasteiger partial charge in [-0.25, -0.2) is 15.0 Å². The van der Waals surface area contributed by atoms with Crippen LogP contribution in [0.5, 0.6) is 0 Å². The molecule has 0 fully saturated rings. The Morgan fingerprint density at radius 3 is 2.48 bits per heavy atom. The number of aromatic amines is 1. The zero-order valence-electron chi connectivity index (χ0n) is 17.0. The molecule has 0 saturated carbocycles. The third-order valence-corrected chi connectivity index (χ3v) is 5.03. The molecule has 2 aromatic carbocycles. The average molecular weight is 385 g/mol. The van der Waals surface area contributed by atoms with Crippen LogP contribution in [0.3, 0.4) is 0 Å². The quantitative estimate of drug-likeness (QED) is 0.548. The van der Waals surface area contributed by atoms with Crippen LogP contribution < -0.4 is 10.9 Å². The van der Waals surface area contributed by atoms with E-state index in [1.54, 1.807) is 0 Å². The van der Waals surface area contributed by atoms with Crippen molar-refractivity contribution in [3.8, 4) is 0 Å². The lowest BCUT2D eigenvalue weighted by molar-refractivity contribution is 0.977. The second-order valence-corrected chi connectivity index (χ2v) is 7.37. The van der Waals surface area contributed by atoms with Gasteiger partial charge in [0.15, 0.2) is 0 Å². The molecule has 2 heterocycles. The molecule has 0 unspecified atom stereocenters. The van der Waals surface area contributed by atoms with Gasteiger partial charge in [0.25, 0.3) is 5.56 Å². The number of hydrogen-bond acceptors (Lipinski definition) is 5. The van der Waals surface area contributed by atoms with E-state index in [-0.39, 0.29) is 5.56 Å². The van der Waals surface area contributed by atoms with Crippen molar-refractivity contribution in [1.82, 2.24) is 19.9 Å². The SMILES string of the molecule is Cc1cccc(Cc2c(C)nc(Nc3nc(C)c4cccc(C)c4n3)[nH]c2=O)c1. The summed E-state index contributed by atoms with van der Waals surface area (Å²) in [6.45, 7) is 7.85. The van der Waals surface area contributed by atoms with E-state index in [4.69, 9.17) is 0 Å². The molecule has 0 aliphatic rings. The van der Waals surface area contributed by atoms with Crippen LogP contribution in [-0.2, 0) is 6.42 Å². The van der Waals surface area contributed by atoms with Gasteiger partial charge in [-0.3, -0.25) is 15.1 Å².